The average molecular weight is 801 g/mol. The van der Waals surface area contributed by atoms with E-state index in [0.717, 1.165) is 5.56 Å². The summed E-state index contributed by atoms with van der Waals surface area (Å²) in [6, 6.07) is 22.9. The Bertz CT molecular complexity index is 1830. The standard InChI is InChI=1S/C42H46BrN3O8/c1-4-6-17-34(48)53-26-33(28-15-11-8-12-16-28)44-39(49)35-36-40(50)46(30(25-47)23-27-13-9-7-10-14-27)38(42(36)24-32(43)37(35)54-42)41(51)45(22-5-2)29-18-20-31(52-3)21-19-29/h4-5,7-16,18-21,30,32-33,35-38,47H,1-2,6,17,22-26H2,3H3,(H,44,49)/t30-,32?,33-,35-,36+,37-,38-,42+/m1/s1. The molecule has 3 fully saturated rings. The number of nitrogens with one attached hydrogen (secondary N) is 1. The predicted octanol–water partition coefficient (Wildman–Crippen LogP) is 4.93. The van der Waals surface area contributed by atoms with Crippen molar-refractivity contribution < 1.29 is 38.5 Å². The summed E-state index contributed by atoms with van der Waals surface area (Å²) < 4.78 is 17.7. The lowest BCUT2D eigenvalue weighted by Gasteiger charge is -2.39. The van der Waals surface area contributed by atoms with Gasteiger partial charge in [0.25, 0.3) is 5.91 Å². The number of rotatable bonds is 17. The van der Waals surface area contributed by atoms with E-state index in [-0.39, 0.29) is 37.2 Å². The molecule has 3 amide bonds. The van der Waals surface area contributed by atoms with Crippen molar-refractivity contribution in [2.24, 2.45) is 11.8 Å². The SMILES string of the molecule is C=CCCC(=O)OC[C@@H](NC(=O)[C@H]1[C@@H]2O[C@@]3(CC2Br)[C@@H]1C(=O)N([C@@H](CO)Cc1ccccc1)[C@@H]3C(=O)N(CC=C)c1ccc(OC)cc1)c1ccccc1. The largest absolute Gasteiger partial charge is 0.497 e. The van der Waals surface area contributed by atoms with Gasteiger partial charge in [0.2, 0.25) is 11.8 Å². The molecule has 0 aromatic heterocycles. The van der Waals surface area contributed by atoms with E-state index in [4.69, 9.17) is 14.2 Å². The van der Waals surface area contributed by atoms with Crippen LogP contribution in [0, 0.1) is 11.8 Å². The van der Waals surface area contributed by atoms with E-state index in [1.807, 2.05) is 60.7 Å². The lowest BCUT2D eigenvalue weighted by Crippen LogP contribution is -2.59. The van der Waals surface area contributed by atoms with Gasteiger partial charge >= 0.3 is 5.97 Å². The molecule has 8 atom stereocenters. The first-order valence-corrected chi connectivity index (χ1v) is 19.1. The van der Waals surface area contributed by atoms with Crippen molar-refractivity contribution in [3.63, 3.8) is 0 Å². The monoisotopic (exact) mass is 799 g/mol. The lowest BCUT2D eigenvalue weighted by atomic mass is 9.70. The molecule has 3 aromatic carbocycles. The zero-order valence-corrected chi connectivity index (χ0v) is 31.8. The Hall–Kier alpha value is -4.78. The van der Waals surface area contributed by atoms with Crippen LogP contribution in [0.1, 0.15) is 36.4 Å². The van der Waals surface area contributed by atoms with Gasteiger partial charge in [0.1, 0.15) is 24.0 Å². The fourth-order valence-electron chi connectivity index (χ4n) is 8.18. The van der Waals surface area contributed by atoms with E-state index in [1.165, 1.54) is 4.90 Å². The number of alkyl halides is 1. The number of hydrogen-bond donors (Lipinski definition) is 2. The summed E-state index contributed by atoms with van der Waals surface area (Å²) in [5.74, 6) is -3.17. The fourth-order valence-corrected chi connectivity index (χ4v) is 9.12. The lowest BCUT2D eigenvalue weighted by molar-refractivity contribution is -0.146. The summed E-state index contributed by atoms with van der Waals surface area (Å²) in [5, 5.41) is 14.0. The molecule has 3 saturated heterocycles. The van der Waals surface area contributed by atoms with Crippen molar-refractivity contribution in [2.75, 3.05) is 31.8 Å². The van der Waals surface area contributed by atoms with Crippen LogP contribution >= 0.6 is 15.9 Å². The third-order valence-electron chi connectivity index (χ3n) is 10.6. The van der Waals surface area contributed by atoms with Crippen molar-refractivity contribution >= 4 is 45.3 Å². The van der Waals surface area contributed by atoms with Crippen LogP contribution in [0.5, 0.6) is 5.75 Å². The molecule has 3 heterocycles. The molecule has 6 rings (SSSR count). The quantitative estimate of drug-likeness (QED) is 0.112. The number of carbonyl (C=O) groups excluding carboxylic acids is 4. The average Bonchev–Trinajstić information content (AvgIpc) is 3.80. The molecular weight excluding hydrogens is 754 g/mol. The maximum absolute atomic E-state index is 15.1. The third kappa shape index (κ3) is 7.60. The zero-order chi connectivity index (χ0) is 38.4. The molecule has 0 radical (unpaired) electrons. The minimum absolute atomic E-state index is 0.124. The number of halogens is 1. The first-order valence-electron chi connectivity index (χ1n) is 18.1. The first-order chi connectivity index (χ1) is 26.2. The highest BCUT2D eigenvalue weighted by Crippen LogP contribution is 2.60. The molecule has 0 saturated carbocycles. The number of allylic oxidation sites excluding steroid dienone is 1. The molecular formula is C42H46BrN3O8. The molecule has 12 heteroatoms. The number of benzene rings is 3. The van der Waals surface area contributed by atoms with Gasteiger partial charge in [-0.1, -0.05) is 88.7 Å². The van der Waals surface area contributed by atoms with Gasteiger partial charge in [-0.3, -0.25) is 19.2 Å². The van der Waals surface area contributed by atoms with Crippen LogP contribution in [0.2, 0.25) is 0 Å². The van der Waals surface area contributed by atoms with Crippen LogP contribution < -0.4 is 15.0 Å². The van der Waals surface area contributed by atoms with Gasteiger partial charge in [0.05, 0.1) is 43.7 Å². The van der Waals surface area contributed by atoms with Crippen LogP contribution in [0.25, 0.3) is 0 Å². The number of ether oxygens (including phenoxy) is 3. The van der Waals surface area contributed by atoms with Crippen LogP contribution in [-0.4, -0.2) is 89.2 Å². The molecule has 284 valence electrons. The third-order valence-corrected chi connectivity index (χ3v) is 11.5. The summed E-state index contributed by atoms with van der Waals surface area (Å²) in [7, 11) is 1.56. The highest BCUT2D eigenvalue weighted by atomic mass is 79.9. The van der Waals surface area contributed by atoms with E-state index in [9.17, 15) is 14.7 Å². The molecule has 2 N–H and O–H groups in total. The first kappa shape index (κ1) is 38.9. The van der Waals surface area contributed by atoms with Crippen LogP contribution in [0.3, 0.4) is 0 Å². The second-order valence-corrected chi connectivity index (χ2v) is 15.0. The highest BCUT2D eigenvalue weighted by molar-refractivity contribution is 9.09. The van der Waals surface area contributed by atoms with E-state index in [1.54, 1.807) is 48.4 Å². The van der Waals surface area contributed by atoms with Gasteiger partial charge in [-0.05, 0) is 54.7 Å². The maximum atomic E-state index is 15.1. The Morgan fingerprint density at radius 1 is 1.06 bits per heavy atom. The number of anilines is 1. The van der Waals surface area contributed by atoms with Gasteiger partial charge in [-0.25, -0.2) is 0 Å². The van der Waals surface area contributed by atoms with Gasteiger partial charge in [0.15, 0.2) is 0 Å². The van der Waals surface area contributed by atoms with Crippen molar-refractivity contribution in [2.45, 2.75) is 60.3 Å². The molecule has 54 heavy (non-hydrogen) atoms. The fraction of sp³-hybridized carbons (Fsp3) is 0.381. The molecule has 11 nitrogen and oxygen atoms in total. The van der Waals surface area contributed by atoms with Gasteiger partial charge in [0, 0.05) is 23.5 Å². The molecule has 1 spiro atoms. The smallest absolute Gasteiger partial charge is 0.306 e. The van der Waals surface area contributed by atoms with Crippen LogP contribution in [0.15, 0.2) is 110 Å². The number of carbonyl (C=O) groups is 4. The predicted molar refractivity (Wildman–Crippen MR) is 207 cm³/mol. The summed E-state index contributed by atoms with van der Waals surface area (Å²) >= 11 is 3.76. The number of methoxy groups -OCH3 is 1. The number of aliphatic hydroxyl groups is 1. The number of amides is 3. The van der Waals surface area contributed by atoms with Crippen molar-refractivity contribution in [1.82, 2.24) is 10.2 Å². The van der Waals surface area contributed by atoms with Crippen molar-refractivity contribution in [1.29, 1.82) is 0 Å². The number of likely N-dealkylation sites (tertiary alicyclic amines) is 1. The van der Waals surface area contributed by atoms with Crippen LogP contribution in [0.4, 0.5) is 5.69 Å². The molecule has 3 aromatic rings. The van der Waals surface area contributed by atoms with E-state index in [2.05, 4.69) is 34.4 Å². The van der Waals surface area contributed by atoms with Crippen molar-refractivity contribution in [3.05, 3.63) is 121 Å². The topological polar surface area (TPSA) is 135 Å². The number of fused-ring (bicyclic) bond motifs is 1. The molecule has 0 aliphatic carbocycles. The summed E-state index contributed by atoms with van der Waals surface area (Å²) in [5.41, 5.74) is 0.744. The maximum Gasteiger partial charge on any atom is 0.306 e. The van der Waals surface area contributed by atoms with E-state index >= 15 is 9.59 Å². The molecule has 1 unspecified atom stereocenters. The van der Waals surface area contributed by atoms with Crippen LogP contribution in [-0.2, 0) is 35.1 Å². The Morgan fingerprint density at radius 2 is 1.74 bits per heavy atom. The second-order valence-electron chi connectivity index (χ2n) is 13.9. The van der Waals surface area contributed by atoms with Gasteiger partial charge in [-0.15, -0.1) is 13.2 Å². The number of nitrogens with zero attached hydrogens (tertiary/aromatic N) is 2. The Kier molecular flexibility index (Phi) is 12.4. The molecule has 3 aliphatic heterocycles. The Morgan fingerprint density at radius 3 is 2.37 bits per heavy atom. The van der Waals surface area contributed by atoms with Gasteiger partial charge in [-0.2, -0.15) is 0 Å². The highest BCUT2D eigenvalue weighted by Gasteiger charge is 2.77. The Labute approximate surface area is 324 Å². The number of hydrogen-bond acceptors (Lipinski definition) is 8. The number of aliphatic hydroxyl groups excluding tert-OH is 1. The van der Waals surface area contributed by atoms with E-state index in [0.29, 0.717) is 23.4 Å². The van der Waals surface area contributed by atoms with Crippen molar-refractivity contribution in [3.8, 4) is 5.75 Å². The molecule has 2 bridgehead atoms. The minimum atomic E-state index is -1.40. The molecule has 3 aliphatic rings. The van der Waals surface area contributed by atoms with Gasteiger partial charge < -0.3 is 34.4 Å². The summed E-state index contributed by atoms with van der Waals surface area (Å²) in [4.78, 5) is 59.9. The summed E-state index contributed by atoms with van der Waals surface area (Å²) in [6.07, 6.45) is 3.66. The normalized spacial score (nSPS) is 25.0. The second kappa shape index (κ2) is 17.1. The Balaban J connectivity index is 1.38. The summed E-state index contributed by atoms with van der Waals surface area (Å²) in [6.45, 7) is 7.13. The number of esters is 1. The minimum Gasteiger partial charge on any atom is -0.497 e. The zero-order valence-electron chi connectivity index (χ0n) is 30.2. The van der Waals surface area contributed by atoms with E-state index < -0.39 is 72.0 Å².